The number of ether oxygens (including phenoxy) is 2. The van der Waals surface area contributed by atoms with E-state index in [0.29, 0.717) is 11.3 Å². The van der Waals surface area contributed by atoms with Crippen molar-refractivity contribution in [3.63, 3.8) is 0 Å². The van der Waals surface area contributed by atoms with Crippen LogP contribution >= 0.6 is 0 Å². The zero-order valence-corrected chi connectivity index (χ0v) is 13.8. The van der Waals surface area contributed by atoms with Crippen molar-refractivity contribution in [3.05, 3.63) is 27.8 Å². The van der Waals surface area contributed by atoms with Crippen LogP contribution in [0.25, 0.3) is 0 Å². The highest BCUT2D eigenvalue weighted by Gasteiger charge is 2.42. The lowest BCUT2D eigenvalue weighted by Gasteiger charge is -2.13. The van der Waals surface area contributed by atoms with Crippen molar-refractivity contribution in [2.24, 2.45) is 0 Å². The normalized spacial score (nSPS) is 18.6. The van der Waals surface area contributed by atoms with Gasteiger partial charge < -0.3 is 14.8 Å². The number of carbonyl (C=O) groups excluding carboxylic acids is 1. The number of nitrogens with one attached hydrogen (secondary N) is 2. The fourth-order valence-electron chi connectivity index (χ4n) is 2.63. The molecule has 25 heavy (non-hydrogen) atoms. The minimum absolute atomic E-state index is 0.0684. The zero-order valence-electron chi connectivity index (χ0n) is 13.8. The van der Waals surface area contributed by atoms with Crippen molar-refractivity contribution in [3.8, 4) is 11.5 Å². The summed E-state index contributed by atoms with van der Waals surface area (Å²) in [5, 5.41) is 16.2. The molecule has 1 aromatic rings. The second kappa shape index (κ2) is 7.60. The maximum atomic E-state index is 13.1. The molecule has 138 valence electrons. The van der Waals surface area contributed by atoms with E-state index in [9.17, 15) is 23.7 Å². The van der Waals surface area contributed by atoms with Gasteiger partial charge in [-0.1, -0.05) is 0 Å². The van der Waals surface area contributed by atoms with Gasteiger partial charge in [-0.2, -0.15) is 0 Å². The average Bonchev–Trinajstić information content (AvgIpc) is 2.94. The number of rotatable bonds is 7. The van der Waals surface area contributed by atoms with Crippen LogP contribution in [0.4, 0.5) is 14.5 Å². The largest absolute Gasteiger partial charge is 0.493 e. The molecule has 1 unspecified atom stereocenters. The van der Waals surface area contributed by atoms with Gasteiger partial charge in [0.05, 0.1) is 37.8 Å². The standard InChI is InChI=1S/C15H19F2N3O5/c1-24-12-5-9(11(20(22)23)6-13(12)25-2)3-4-18-14(21)10-7-15(16,17)8-19-10/h5-6,10,19H,3-4,7-8H2,1-2H3,(H,18,21). The molecule has 0 bridgehead atoms. The maximum absolute atomic E-state index is 13.1. The van der Waals surface area contributed by atoms with Crippen LogP contribution in [0.2, 0.25) is 0 Å². The molecule has 1 aromatic carbocycles. The van der Waals surface area contributed by atoms with Crippen LogP contribution in [0.15, 0.2) is 12.1 Å². The maximum Gasteiger partial charge on any atom is 0.276 e. The molecule has 0 spiro atoms. The van der Waals surface area contributed by atoms with Crippen molar-refractivity contribution in [2.75, 3.05) is 27.3 Å². The van der Waals surface area contributed by atoms with Gasteiger partial charge in [-0.25, -0.2) is 8.78 Å². The molecule has 1 amide bonds. The van der Waals surface area contributed by atoms with Crippen LogP contribution in [0.5, 0.6) is 11.5 Å². The Bertz CT molecular complexity index is 669. The summed E-state index contributed by atoms with van der Waals surface area (Å²) in [6.07, 6.45) is -0.416. The molecule has 8 nitrogen and oxygen atoms in total. The van der Waals surface area contributed by atoms with Gasteiger partial charge >= 0.3 is 0 Å². The fourth-order valence-corrected chi connectivity index (χ4v) is 2.63. The van der Waals surface area contributed by atoms with E-state index in [0.717, 1.165) is 0 Å². The van der Waals surface area contributed by atoms with Crippen molar-refractivity contribution >= 4 is 11.6 Å². The smallest absolute Gasteiger partial charge is 0.276 e. The number of amides is 1. The van der Waals surface area contributed by atoms with Crippen LogP contribution in [0.1, 0.15) is 12.0 Å². The third-order valence-electron chi connectivity index (χ3n) is 3.90. The predicted molar refractivity (Wildman–Crippen MR) is 84.3 cm³/mol. The monoisotopic (exact) mass is 359 g/mol. The van der Waals surface area contributed by atoms with Crippen LogP contribution in [0, 0.1) is 10.1 Å². The molecular weight excluding hydrogens is 340 g/mol. The topological polar surface area (TPSA) is 103 Å². The molecule has 1 saturated heterocycles. The van der Waals surface area contributed by atoms with E-state index in [-0.39, 0.29) is 24.4 Å². The van der Waals surface area contributed by atoms with E-state index in [1.54, 1.807) is 0 Å². The molecule has 0 radical (unpaired) electrons. The van der Waals surface area contributed by atoms with E-state index in [1.807, 2.05) is 0 Å². The molecular formula is C15H19F2N3O5. The minimum Gasteiger partial charge on any atom is -0.493 e. The van der Waals surface area contributed by atoms with Crippen LogP contribution < -0.4 is 20.1 Å². The molecule has 1 heterocycles. The zero-order chi connectivity index (χ0) is 18.6. The van der Waals surface area contributed by atoms with Crippen molar-refractivity contribution in [1.82, 2.24) is 10.6 Å². The Morgan fingerprint density at radius 3 is 2.56 bits per heavy atom. The van der Waals surface area contributed by atoms with E-state index in [4.69, 9.17) is 9.47 Å². The van der Waals surface area contributed by atoms with Gasteiger partial charge in [0.25, 0.3) is 11.6 Å². The molecule has 10 heteroatoms. The summed E-state index contributed by atoms with van der Waals surface area (Å²) in [6.45, 7) is -0.467. The Morgan fingerprint density at radius 2 is 2.04 bits per heavy atom. The Hall–Kier alpha value is -2.49. The number of carbonyl (C=O) groups is 1. The first kappa shape index (κ1) is 18.8. The average molecular weight is 359 g/mol. The molecule has 1 aliphatic heterocycles. The number of nitrogens with zero attached hydrogens (tertiary/aromatic N) is 1. The minimum atomic E-state index is -2.90. The van der Waals surface area contributed by atoms with Crippen LogP contribution in [-0.4, -0.2) is 50.1 Å². The summed E-state index contributed by atoms with van der Waals surface area (Å²) >= 11 is 0. The highest BCUT2D eigenvalue weighted by Crippen LogP contribution is 2.34. The highest BCUT2D eigenvalue weighted by molar-refractivity contribution is 5.82. The van der Waals surface area contributed by atoms with Crippen LogP contribution in [0.3, 0.4) is 0 Å². The quantitative estimate of drug-likeness (QED) is 0.561. The van der Waals surface area contributed by atoms with Gasteiger partial charge in [0.1, 0.15) is 0 Å². The Labute approximate surface area is 142 Å². The summed E-state index contributed by atoms with van der Waals surface area (Å²) in [5.74, 6) is -2.91. The fraction of sp³-hybridized carbons (Fsp3) is 0.533. The van der Waals surface area contributed by atoms with Gasteiger partial charge in [0.2, 0.25) is 5.91 Å². The number of halogens is 2. The summed E-state index contributed by atoms with van der Waals surface area (Å²) < 4.78 is 36.3. The van der Waals surface area contributed by atoms with Gasteiger partial charge in [0, 0.05) is 18.5 Å². The van der Waals surface area contributed by atoms with Gasteiger partial charge in [-0.3, -0.25) is 20.2 Å². The number of methoxy groups -OCH3 is 2. The van der Waals surface area contributed by atoms with Gasteiger partial charge in [-0.15, -0.1) is 0 Å². The second-order valence-corrected chi connectivity index (χ2v) is 5.63. The number of benzene rings is 1. The molecule has 2 N–H and O–H groups in total. The van der Waals surface area contributed by atoms with E-state index >= 15 is 0 Å². The lowest BCUT2D eigenvalue weighted by atomic mass is 10.1. The molecule has 1 atom stereocenters. The summed E-state index contributed by atoms with van der Waals surface area (Å²) in [6, 6.07) is 1.75. The second-order valence-electron chi connectivity index (χ2n) is 5.63. The summed E-state index contributed by atoms with van der Waals surface area (Å²) in [4.78, 5) is 22.5. The molecule has 1 fully saturated rings. The van der Waals surface area contributed by atoms with Crippen molar-refractivity contribution in [2.45, 2.75) is 24.8 Å². The third kappa shape index (κ3) is 4.53. The molecule has 2 rings (SSSR count). The Kier molecular flexibility index (Phi) is 5.73. The number of nitro benzene ring substituents is 1. The number of nitro groups is 1. The van der Waals surface area contributed by atoms with E-state index in [2.05, 4.69) is 10.6 Å². The number of hydrogen-bond acceptors (Lipinski definition) is 6. The summed E-state index contributed by atoms with van der Waals surface area (Å²) in [7, 11) is 2.77. The Balaban J connectivity index is 2.02. The van der Waals surface area contributed by atoms with E-state index in [1.165, 1.54) is 26.4 Å². The van der Waals surface area contributed by atoms with E-state index < -0.39 is 35.8 Å². The third-order valence-corrected chi connectivity index (χ3v) is 3.90. The highest BCUT2D eigenvalue weighted by atomic mass is 19.3. The molecule has 0 saturated carbocycles. The van der Waals surface area contributed by atoms with Crippen molar-refractivity contribution < 1.29 is 28.0 Å². The Morgan fingerprint density at radius 1 is 1.40 bits per heavy atom. The first-order chi connectivity index (χ1) is 11.8. The van der Waals surface area contributed by atoms with Crippen molar-refractivity contribution in [1.29, 1.82) is 0 Å². The lowest BCUT2D eigenvalue weighted by molar-refractivity contribution is -0.385. The lowest BCUT2D eigenvalue weighted by Crippen LogP contribution is -2.41. The number of hydrogen-bond donors (Lipinski definition) is 2. The summed E-state index contributed by atoms with van der Waals surface area (Å²) in [5.41, 5.74) is 0.171. The molecule has 1 aliphatic rings. The first-order valence-corrected chi connectivity index (χ1v) is 7.55. The van der Waals surface area contributed by atoms with Gasteiger partial charge in [-0.05, 0) is 12.5 Å². The molecule has 0 aromatic heterocycles. The van der Waals surface area contributed by atoms with Gasteiger partial charge in [0.15, 0.2) is 11.5 Å². The number of alkyl halides is 2. The SMILES string of the molecule is COc1cc(CCNC(=O)C2CC(F)(F)CN2)c([N+](=O)[O-])cc1OC. The predicted octanol–water partition coefficient (Wildman–Crippen LogP) is 1.27. The first-order valence-electron chi connectivity index (χ1n) is 7.55. The molecule has 0 aliphatic carbocycles. The van der Waals surface area contributed by atoms with Crippen LogP contribution in [-0.2, 0) is 11.2 Å².